The number of carbonyl (C=O) groups excluding carboxylic acids is 1. The fourth-order valence-corrected chi connectivity index (χ4v) is 1.60. The lowest BCUT2D eigenvalue weighted by molar-refractivity contribution is -0.128. The van der Waals surface area contributed by atoms with Crippen LogP contribution in [-0.2, 0) is 9.53 Å². The maximum atomic E-state index is 11.2. The Kier molecular flexibility index (Phi) is 9.91. The number of hydrogen-bond donors (Lipinski definition) is 0. The highest BCUT2D eigenvalue weighted by molar-refractivity contribution is 5.80. The molecule has 0 aromatic carbocycles. The molecule has 0 aromatic rings. The third kappa shape index (κ3) is 8.61. The minimum absolute atomic E-state index is 0.147. The zero-order valence-corrected chi connectivity index (χ0v) is 10.6. The SMILES string of the molecule is CCCCCCCC(OCCC)C(C)=O. The molecule has 0 aliphatic rings. The summed E-state index contributed by atoms with van der Waals surface area (Å²) in [5.41, 5.74) is 0. The number of ketones is 1. The normalized spacial score (nSPS) is 12.7. The smallest absolute Gasteiger partial charge is 0.158 e. The van der Waals surface area contributed by atoms with Gasteiger partial charge >= 0.3 is 0 Å². The highest BCUT2D eigenvalue weighted by atomic mass is 16.5. The predicted molar refractivity (Wildman–Crippen MR) is 64.1 cm³/mol. The Morgan fingerprint density at radius 3 is 2.27 bits per heavy atom. The maximum absolute atomic E-state index is 11.2. The van der Waals surface area contributed by atoms with Gasteiger partial charge in [-0.05, 0) is 19.8 Å². The van der Waals surface area contributed by atoms with Gasteiger partial charge < -0.3 is 4.74 Å². The molecule has 0 rings (SSSR count). The predicted octanol–water partition coefficient (Wildman–Crippen LogP) is 3.73. The number of unbranched alkanes of at least 4 members (excludes halogenated alkanes) is 4. The van der Waals surface area contributed by atoms with E-state index in [2.05, 4.69) is 13.8 Å². The van der Waals surface area contributed by atoms with Crippen molar-refractivity contribution < 1.29 is 9.53 Å². The van der Waals surface area contributed by atoms with Crippen molar-refractivity contribution >= 4 is 5.78 Å². The lowest BCUT2D eigenvalue weighted by atomic mass is 10.1. The minimum Gasteiger partial charge on any atom is -0.370 e. The number of Topliss-reactive ketones (excluding diaryl/α,β-unsaturated/α-hetero) is 1. The average Bonchev–Trinajstić information content (AvgIpc) is 2.21. The minimum atomic E-state index is -0.147. The van der Waals surface area contributed by atoms with Crippen LogP contribution in [0.2, 0.25) is 0 Å². The zero-order chi connectivity index (χ0) is 11.5. The fourth-order valence-electron chi connectivity index (χ4n) is 1.60. The second-order valence-electron chi connectivity index (χ2n) is 4.17. The van der Waals surface area contributed by atoms with Crippen molar-refractivity contribution in [3.8, 4) is 0 Å². The zero-order valence-electron chi connectivity index (χ0n) is 10.6. The lowest BCUT2D eigenvalue weighted by Crippen LogP contribution is -2.22. The molecular formula is C13H26O2. The molecular weight excluding hydrogens is 188 g/mol. The summed E-state index contributed by atoms with van der Waals surface area (Å²) >= 11 is 0. The van der Waals surface area contributed by atoms with Crippen LogP contribution in [0.5, 0.6) is 0 Å². The molecule has 0 aliphatic heterocycles. The van der Waals surface area contributed by atoms with Gasteiger partial charge in [0.1, 0.15) is 6.10 Å². The number of hydrogen-bond acceptors (Lipinski definition) is 2. The summed E-state index contributed by atoms with van der Waals surface area (Å²) in [6.45, 7) is 6.62. The fraction of sp³-hybridized carbons (Fsp3) is 0.923. The van der Waals surface area contributed by atoms with Crippen LogP contribution >= 0.6 is 0 Å². The summed E-state index contributed by atoms with van der Waals surface area (Å²) in [5, 5.41) is 0. The topological polar surface area (TPSA) is 26.3 Å². The van der Waals surface area contributed by atoms with Gasteiger partial charge in [0.05, 0.1) is 0 Å². The van der Waals surface area contributed by atoms with E-state index in [9.17, 15) is 4.79 Å². The van der Waals surface area contributed by atoms with Crippen LogP contribution in [0.4, 0.5) is 0 Å². The molecule has 15 heavy (non-hydrogen) atoms. The van der Waals surface area contributed by atoms with Gasteiger partial charge in [-0.3, -0.25) is 4.79 Å². The molecule has 2 nitrogen and oxygen atoms in total. The molecule has 90 valence electrons. The summed E-state index contributed by atoms with van der Waals surface area (Å²) in [6, 6.07) is 0. The summed E-state index contributed by atoms with van der Waals surface area (Å²) < 4.78 is 5.51. The van der Waals surface area contributed by atoms with Gasteiger partial charge in [-0.1, -0.05) is 46.0 Å². The second kappa shape index (κ2) is 10.2. The molecule has 0 fully saturated rings. The largest absolute Gasteiger partial charge is 0.370 e. The molecule has 0 saturated heterocycles. The summed E-state index contributed by atoms with van der Waals surface area (Å²) in [4.78, 5) is 11.2. The number of ether oxygens (including phenoxy) is 1. The van der Waals surface area contributed by atoms with Gasteiger partial charge in [-0.25, -0.2) is 0 Å². The van der Waals surface area contributed by atoms with Crippen LogP contribution in [0, 0.1) is 0 Å². The van der Waals surface area contributed by atoms with Gasteiger partial charge in [0, 0.05) is 6.61 Å². The van der Waals surface area contributed by atoms with Crippen molar-refractivity contribution in [2.45, 2.75) is 71.8 Å². The van der Waals surface area contributed by atoms with E-state index < -0.39 is 0 Å². The molecule has 1 unspecified atom stereocenters. The first-order valence-corrected chi connectivity index (χ1v) is 6.34. The van der Waals surface area contributed by atoms with E-state index in [-0.39, 0.29) is 11.9 Å². The molecule has 0 aromatic heterocycles. The quantitative estimate of drug-likeness (QED) is 0.518. The van der Waals surface area contributed by atoms with Crippen LogP contribution in [0.15, 0.2) is 0 Å². The second-order valence-corrected chi connectivity index (χ2v) is 4.17. The van der Waals surface area contributed by atoms with E-state index in [1.54, 1.807) is 6.92 Å². The van der Waals surface area contributed by atoms with E-state index in [1.807, 2.05) is 0 Å². The van der Waals surface area contributed by atoms with Crippen LogP contribution in [-0.4, -0.2) is 18.5 Å². The van der Waals surface area contributed by atoms with E-state index in [4.69, 9.17) is 4.74 Å². The van der Waals surface area contributed by atoms with Gasteiger partial charge in [0.15, 0.2) is 5.78 Å². The van der Waals surface area contributed by atoms with E-state index >= 15 is 0 Å². The van der Waals surface area contributed by atoms with E-state index in [0.717, 1.165) is 19.3 Å². The van der Waals surface area contributed by atoms with Crippen LogP contribution < -0.4 is 0 Å². The van der Waals surface area contributed by atoms with Crippen LogP contribution in [0.3, 0.4) is 0 Å². The van der Waals surface area contributed by atoms with Crippen molar-refractivity contribution in [3.63, 3.8) is 0 Å². The van der Waals surface area contributed by atoms with Gasteiger partial charge in [-0.2, -0.15) is 0 Å². The molecule has 0 heterocycles. The molecule has 0 aliphatic carbocycles. The Labute approximate surface area is 94.4 Å². The van der Waals surface area contributed by atoms with Crippen LogP contribution in [0.25, 0.3) is 0 Å². The third-order valence-electron chi connectivity index (χ3n) is 2.55. The van der Waals surface area contributed by atoms with Crippen molar-refractivity contribution in [2.24, 2.45) is 0 Å². The first-order valence-electron chi connectivity index (χ1n) is 6.34. The van der Waals surface area contributed by atoms with Crippen molar-refractivity contribution in [1.82, 2.24) is 0 Å². The third-order valence-corrected chi connectivity index (χ3v) is 2.55. The Hall–Kier alpha value is -0.370. The Balaban J connectivity index is 3.53. The first-order chi connectivity index (χ1) is 7.22. The molecule has 0 spiro atoms. The molecule has 2 heteroatoms. The molecule has 0 amide bonds. The molecule has 1 atom stereocenters. The van der Waals surface area contributed by atoms with E-state index in [1.165, 1.54) is 25.7 Å². The molecule has 0 N–H and O–H groups in total. The molecule has 0 radical (unpaired) electrons. The van der Waals surface area contributed by atoms with E-state index in [0.29, 0.717) is 6.61 Å². The van der Waals surface area contributed by atoms with Crippen molar-refractivity contribution in [2.75, 3.05) is 6.61 Å². The number of rotatable bonds is 10. The van der Waals surface area contributed by atoms with Gasteiger partial charge in [-0.15, -0.1) is 0 Å². The maximum Gasteiger partial charge on any atom is 0.158 e. The van der Waals surface area contributed by atoms with Gasteiger partial charge in [0.25, 0.3) is 0 Å². The number of carbonyl (C=O) groups is 1. The standard InChI is InChI=1S/C13H26O2/c1-4-6-7-8-9-10-13(12(3)14)15-11-5-2/h13H,4-11H2,1-3H3. The summed E-state index contributed by atoms with van der Waals surface area (Å²) in [5.74, 6) is 0.180. The summed E-state index contributed by atoms with van der Waals surface area (Å²) in [6.07, 6.45) is 7.95. The van der Waals surface area contributed by atoms with Crippen LogP contribution in [0.1, 0.15) is 65.7 Å². The van der Waals surface area contributed by atoms with Crippen molar-refractivity contribution in [1.29, 1.82) is 0 Å². The van der Waals surface area contributed by atoms with Crippen molar-refractivity contribution in [3.05, 3.63) is 0 Å². The Bertz CT molecular complexity index is 155. The van der Waals surface area contributed by atoms with Gasteiger partial charge in [0.2, 0.25) is 0 Å². The Morgan fingerprint density at radius 1 is 1.07 bits per heavy atom. The first kappa shape index (κ1) is 14.6. The average molecular weight is 214 g/mol. The highest BCUT2D eigenvalue weighted by Crippen LogP contribution is 2.10. The Morgan fingerprint density at radius 2 is 1.73 bits per heavy atom. The molecule has 0 saturated carbocycles. The summed E-state index contributed by atoms with van der Waals surface area (Å²) in [7, 11) is 0. The monoisotopic (exact) mass is 214 g/mol. The highest BCUT2D eigenvalue weighted by Gasteiger charge is 2.13. The lowest BCUT2D eigenvalue weighted by Gasteiger charge is -2.14. The molecule has 0 bridgehead atoms.